The van der Waals surface area contributed by atoms with Crippen LogP contribution in [0.15, 0.2) is 27.8 Å². The average Bonchev–Trinajstić information content (AvgIpc) is 2.64. The molecular formula is C18H26N4O4. The maximum atomic E-state index is 12.4. The Bertz CT molecular complexity index is 868. The van der Waals surface area contributed by atoms with Crippen molar-refractivity contribution >= 4 is 16.8 Å². The normalized spacial score (nSPS) is 11.2. The monoisotopic (exact) mass is 362 g/mol. The molecule has 0 aliphatic heterocycles. The Labute approximate surface area is 151 Å². The van der Waals surface area contributed by atoms with E-state index in [-0.39, 0.29) is 19.1 Å². The molecule has 0 aliphatic carbocycles. The number of aromatic amines is 1. The van der Waals surface area contributed by atoms with E-state index in [9.17, 15) is 14.4 Å². The number of carbonyl (C=O) groups excluding carboxylic acids is 1. The van der Waals surface area contributed by atoms with Crippen LogP contribution in [-0.2, 0) is 11.3 Å². The number of aromatic nitrogens is 2. The van der Waals surface area contributed by atoms with Crippen LogP contribution in [0.4, 0.5) is 0 Å². The first-order valence-corrected chi connectivity index (χ1v) is 8.78. The number of rotatable bonds is 9. The first-order chi connectivity index (χ1) is 12.5. The summed E-state index contributed by atoms with van der Waals surface area (Å²) in [6.45, 7) is 7.75. The van der Waals surface area contributed by atoms with Gasteiger partial charge in [-0.15, -0.1) is 0 Å². The van der Waals surface area contributed by atoms with E-state index < -0.39 is 11.2 Å². The summed E-state index contributed by atoms with van der Waals surface area (Å²) in [6.07, 6.45) is 0. The number of nitrogens with zero attached hydrogens (tertiary/aromatic N) is 2. The number of benzene rings is 1. The molecule has 0 bridgehead atoms. The lowest BCUT2D eigenvalue weighted by molar-refractivity contribution is 0.0949. The average molecular weight is 362 g/mol. The third kappa shape index (κ3) is 4.59. The second-order valence-corrected chi connectivity index (χ2v) is 5.92. The van der Waals surface area contributed by atoms with Gasteiger partial charge in [0.25, 0.3) is 11.5 Å². The smallest absolute Gasteiger partial charge is 0.328 e. The number of nitrogens with one attached hydrogen (secondary N) is 2. The Kier molecular flexibility index (Phi) is 7.11. The van der Waals surface area contributed by atoms with E-state index in [1.165, 1.54) is 13.2 Å². The molecule has 2 aromatic rings. The molecule has 2 rings (SSSR count). The first kappa shape index (κ1) is 19.9. The van der Waals surface area contributed by atoms with Gasteiger partial charge >= 0.3 is 5.69 Å². The minimum absolute atomic E-state index is 0.175. The summed E-state index contributed by atoms with van der Waals surface area (Å²) in [5.41, 5.74) is -0.153. The second-order valence-electron chi connectivity index (χ2n) is 5.92. The van der Waals surface area contributed by atoms with Crippen molar-refractivity contribution in [1.29, 1.82) is 0 Å². The van der Waals surface area contributed by atoms with Crippen molar-refractivity contribution in [3.05, 3.63) is 44.6 Å². The molecule has 0 atom stereocenters. The second kappa shape index (κ2) is 9.30. The highest BCUT2D eigenvalue weighted by atomic mass is 16.5. The SMILES string of the molecule is CCN(CC)CCNC(=O)c1ccc2c(=O)n(CCOC)c(=O)[nH]c2c1. The highest BCUT2D eigenvalue weighted by Gasteiger charge is 2.11. The molecule has 8 nitrogen and oxygen atoms in total. The fourth-order valence-corrected chi connectivity index (χ4v) is 2.75. The van der Waals surface area contributed by atoms with Gasteiger partial charge in [-0.25, -0.2) is 4.79 Å². The molecule has 0 aliphatic rings. The van der Waals surface area contributed by atoms with Gasteiger partial charge in [0, 0.05) is 25.8 Å². The van der Waals surface area contributed by atoms with Crippen LogP contribution in [0.1, 0.15) is 24.2 Å². The lowest BCUT2D eigenvalue weighted by Gasteiger charge is -2.18. The molecule has 0 radical (unpaired) electrons. The lowest BCUT2D eigenvalue weighted by atomic mass is 10.1. The minimum Gasteiger partial charge on any atom is -0.383 e. The number of methoxy groups -OCH3 is 1. The number of likely N-dealkylation sites (N-methyl/N-ethyl adjacent to an activating group) is 1. The predicted octanol–water partition coefficient (Wildman–Crippen LogP) is 0.408. The van der Waals surface area contributed by atoms with Crippen molar-refractivity contribution in [2.24, 2.45) is 0 Å². The van der Waals surface area contributed by atoms with Gasteiger partial charge in [0.2, 0.25) is 0 Å². The van der Waals surface area contributed by atoms with E-state index in [0.717, 1.165) is 24.2 Å². The zero-order chi connectivity index (χ0) is 19.1. The van der Waals surface area contributed by atoms with Crippen LogP contribution in [0.3, 0.4) is 0 Å². The van der Waals surface area contributed by atoms with Crippen LogP contribution in [0.25, 0.3) is 10.9 Å². The van der Waals surface area contributed by atoms with Crippen LogP contribution < -0.4 is 16.6 Å². The first-order valence-electron chi connectivity index (χ1n) is 8.78. The number of hydrogen-bond donors (Lipinski definition) is 2. The minimum atomic E-state index is -0.515. The number of amides is 1. The molecule has 0 saturated carbocycles. The van der Waals surface area contributed by atoms with Gasteiger partial charge in [0.05, 0.1) is 24.1 Å². The largest absolute Gasteiger partial charge is 0.383 e. The molecule has 1 aromatic carbocycles. The van der Waals surface area contributed by atoms with Gasteiger partial charge in [-0.3, -0.25) is 14.2 Å². The molecule has 1 heterocycles. The van der Waals surface area contributed by atoms with E-state index in [2.05, 4.69) is 29.0 Å². The molecule has 26 heavy (non-hydrogen) atoms. The topological polar surface area (TPSA) is 96.4 Å². The van der Waals surface area contributed by atoms with Gasteiger partial charge in [-0.05, 0) is 31.3 Å². The third-order valence-electron chi connectivity index (χ3n) is 4.37. The highest BCUT2D eigenvalue weighted by Crippen LogP contribution is 2.09. The molecule has 142 valence electrons. The summed E-state index contributed by atoms with van der Waals surface area (Å²) in [7, 11) is 1.51. The Hall–Kier alpha value is -2.45. The van der Waals surface area contributed by atoms with Crippen molar-refractivity contribution < 1.29 is 9.53 Å². The van der Waals surface area contributed by atoms with Crippen LogP contribution >= 0.6 is 0 Å². The van der Waals surface area contributed by atoms with Crippen LogP contribution in [0, 0.1) is 0 Å². The lowest BCUT2D eigenvalue weighted by Crippen LogP contribution is -2.36. The maximum Gasteiger partial charge on any atom is 0.328 e. The zero-order valence-electron chi connectivity index (χ0n) is 15.5. The van der Waals surface area contributed by atoms with Crippen LogP contribution in [0.5, 0.6) is 0 Å². The van der Waals surface area contributed by atoms with Crippen LogP contribution in [-0.4, -0.2) is 60.3 Å². The summed E-state index contributed by atoms with van der Waals surface area (Å²) in [6, 6.07) is 4.69. The van der Waals surface area contributed by atoms with Gasteiger partial charge in [0.15, 0.2) is 0 Å². The highest BCUT2D eigenvalue weighted by molar-refractivity contribution is 5.97. The number of fused-ring (bicyclic) bond motifs is 1. The van der Waals surface area contributed by atoms with Gasteiger partial charge in [0.1, 0.15) is 0 Å². The van der Waals surface area contributed by atoms with E-state index in [1.54, 1.807) is 12.1 Å². The number of ether oxygens (including phenoxy) is 1. The fourth-order valence-electron chi connectivity index (χ4n) is 2.75. The predicted molar refractivity (Wildman–Crippen MR) is 101 cm³/mol. The van der Waals surface area contributed by atoms with Crippen LogP contribution in [0.2, 0.25) is 0 Å². The van der Waals surface area contributed by atoms with Crippen molar-refractivity contribution in [2.75, 3.05) is 39.9 Å². The Balaban J connectivity index is 2.19. The molecule has 8 heteroatoms. The molecule has 1 aromatic heterocycles. The van der Waals surface area contributed by atoms with E-state index in [0.29, 0.717) is 23.0 Å². The summed E-state index contributed by atoms with van der Waals surface area (Å²) in [5, 5.41) is 3.22. The van der Waals surface area contributed by atoms with E-state index in [4.69, 9.17) is 4.74 Å². The van der Waals surface area contributed by atoms with Crippen molar-refractivity contribution in [3.63, 3.8) is 0 Å². The van der Waals surface area contributed by atoms with Crippen molar-refractivity contribution in [2.45, 2.75) is 20.4 Å². The summed E-state index contributed by atoms with van der Waals surface area (Å²) in [4.78, 5) is 41.7. The molecule has 0 unspecified atom stereocenters. The van der Waals surface area contributed by atoms with Gasteiger partial charge in [-0.2, -0.15) is 0 Å². The Morgan fingerprint density at radius 3 is 2.65 bits per heavy atom. The number of carbonyl (C=O) groups is 1. The Morgan fingerprint density at radius 1 is 1.27 bits per heavy atom. The maximum absolute atomic E-state index is 12.4. The molecule has 0 fully saturated rings. The third-order valence-corrected chi connectivity index (χ3v) is 4.37. The Morgan fingerprint density at radius 2 is 2.00 bits per heavy atom. The molecule has 0 saturated heterocycles. The number of hydrogen-bond acceptors (Lipinski definition) is 5. The summed E-state index contributed by atoms with van der Waals surface area (Å²) >= 11 is 0. The standard InChI is InChI=1S/C18H26N4O4/c1-4-21(5-2)9-8-19-16(23)13-6-7-14-15(12-13)20-18(25)22(17(14)24)10-11-26-3/h6-7,12H,4-5,8-11H2,1-3H3,(H,19,23)(H,20,25). The van der Waals surface area contributed by atoms with E-state index >= 15 is 0 Å². The van der Waals surface area contributed by atoms with E-state index in [1.807, 2.05) is 0 Å². The van der Waals surface area contributed by atoms with Gasteiger partial charge in [-0.1, -0.05) is 13.8 Å². The quantitative estimate of drug-likeness (QED) is 0.673. The number of H-pyrrole nitrogens is 1. The summed E-state index contributed by atoms with van der Waals surface area (Å²) in [5.74, 6) is -0.233. The molecule has 2 N–H and O–H groups in total. The van der Waals surface area contributed by atoms with Gasteiger partial charge < -0.3 is 19.9 Å². The molecule has 0 spiro atoms. The molecular weight excluding hydrogens is 336 g/mol. The molecule has 1 amide bonds. The summed E-state index contributed by atoms with van der Waals surface area (Å²) < 4.78 is 6.01. The van der Waals surface area contributed by atoms with Crippen molar-refractivity contribution in [1.82, 2.24) is 19.8 Å². The fraction of sp³-hybridized carbons (Fsp3) is 0.500. The zero-order valence-corrected chi connectivity index (χ0v) is 15.5. The van der Waals surface area contributed by atoms with Crippen molar-refractivity contribution in [3.8, 4) is 0 Å².